The van der Waals surface area contributed by atoms with Crippen LogP contribution in [0.3, 0.4) is 0 Å². The van der Waals surface area contributed by atoms with Crippen LogP contribution < -0.4 is 5.32 Å². The minimum absolute atomic E-state index is 0.0480. The van der Waals surface area contributed by atoms with Crippen molar-refractivity contribution >= 4 is 52.9 Å². The zero-order chi connectivity index (χ0) is 22.2. The Balaban J connectivity index is 1.39. The fourth-order valence-electron chi connectivity index (χ4n) is 3.65. The first-order valence-electron chi connectivity index (χ1n) is 9.73. The van der Waals surface area contributed by atoms with Crippen molar-refractivity contribution in [3.05, 3.63) is 53.9 Å². The van der Waals surface area contributed by atoms with Crippen molar-refractivity contribution in [2.45, 2.75) is 22.6 Å². The van der Waals surface area contributed by atoms with E-state index in [2.05, 4.69) is 5.32 Å². The molecule has 164 valence electrons. The Morgan fingerprint density at radius 2 is 1.61 bits per heavy atom. The number of hydrogen-bond donors (Lipinski definition) is 1. The molecule has 2 heterocycles. The summed E-state index contributed by atoms with van der Waals surface area (Å²) in [6.45, 7) is 0.468. The number of carbonyl (C=O) groups is 1. The maximum atomic E-state index is 12.9. The van der Waals surface area contributed by atoms with E-state index in [1.54, 1.807) is 11.3 Å². The van der Waals surface area contributed by atoms with Crippen LogP contribution >= 0.6 is 11.3 Å². The average Bonchev–Trinajstić information content (AvgIpc) is 3.21. The van der Waals surface area contributed by atoms with Crippen LogP contribution in [0.4, 0.5) is 5.69 Å². The molecule has 1 N–H and O–H groups in total. The molecule has 0 radical (unpaired) electrons. The molecule has 1 amide bonds. The van der Waals surface area contributed by atoms with Gasteiger partial charge in [0.2, 0.25) is 15.9 Å². The molecule has 1 fully saturated rings. The second kappa shape index (κ2) is 8.34. The predicted octanol–water partition coefficient (Wildman–Crippen LogP) is 3.34. The second-order valence-corrected chi connectivity index (χ2v) is 12.5. The van der Waals surface area contributed by atoms with Gasteiger partial charge >= 0.3 is 0 Å². The number of anilines is 1. The molecule has 31 heavy (non-hydrogen) atoms. The topological polar surface area (TPSA) is 101 Å². The van der Waals surface area contributed by atoms with Crippen molar-refractivity contribution in [1.82, 2.24) is 4.31 Å². The van der Waals surface area contributed by atoms with Gasteiger partial charge in [-0.2, -0.15) is 4.31 Å². The average molecular weight is 479 g/mol. The number of sulfonamides is 1. The number of fused-ring (bicyclic) bond motifs is 1. The number of piperidine rings is 1. The molecular formula is C21H22N2O5S3. The van der Waals surface area contributed by atoms with Crippen molar-refractivity contribution < 1.29 is 21.6 Å². The van der Waals surface area contributed by atoms with Gasteiger partial charge in [-0.05, 0) is 72.1 Å². The first kappa shape index (κ1) is 21.9. The van der Waals surface area contributed by atoms with E-state index in [-0.39, 0.29) is 34.7 Å². The zero-order valence-electron chi connectivity index (χ0n) is 16.8. The number of hydrogen-bond acceptors (Lipinski definition) is 6. The number of sulfone groups is 1. The number of nitrogens with zero attached hydrogens (tertiary/aromatic N) is 1. The normalized spacial score (nSPS) is 16.4. The van der Waals surface area contributed by atoms with Crippen LogP contribution in [0.25, 0.3) is 10.1 Å². The highest BCUT2D eigenvalue weighted by molar-refractivity contribution is 7.90. The van der Waals surface area contributed by atoms with Crippen LogP contribution in [-0.4, -0.2) is 46.4 Å². The molecule has 0 saturated carbocycles. The highest BCUT2D eigenvalue weighted by Crippen LogP contribution is 2.27. The van der Waals surface area contributed by atoms with E-state index in [1.807, 2.05) is 29.6 Å². The van der Waals surface area contributed by atoms with Crippen LogP contribution in [0.2, 0.25) is 0 Å². The van der Waals surface area contributed by atoms with E-state index < -0.39 is 19.9 Å². The summed E-state index contributed by atoms with van der Waals surface area (Å²) in [6, 6.07) is 13.0. The molecule has 1 aliphatic rings. The first-order chi connectivity index (χ1) is 14.6. The van der Waals surface area contributed by atoms with E-state index in [9.17, 15) is 21.6 Å². The molecule has 0 atom stereocenters. The fourth-order valence-corrected chi connectivity index (χ4v) is 6.53. The molecule has 0 spiro atoms. The number of carbonyl (C=O) groups excluding carboxylic acids is 1. The summed E-state index contributed by atoms with van der Waals surface area (Å²) in [5.74, 6) is -0.374. The molecule has 1 aromatic heterocycles. The quantitative estimate of drug-likeness (QED) is 0.606. The Kier molecular flexibility index (Phi) is 5.91. The third-order valence-electron chi connectivity index (χ3n) is 5.43. The van der Waals surface area contributed by atoms with Crippen molar-refractivity contribution in [2.24, 2.45) is 5.92 Å². The monoisotopic (exact) mass is 478 g/mol. The van der Waals surface area contributed by atoms with Gasteiger partial charge in [0.25, 0.3) is 0 Å². The molecule has 0 bridgehead atoms. The molecule has 4 rings (SSSR count). The molecule has 2 aromatic carbocycles. The summed E-state index contributed by atoms with van der Waals surface area (Å²) in [5.41, 5.74) is 0.733. The summed E-state index contributed by atoms with van der Waals surface area (Å²) in [4.78, 5) is 12.8. The number of nitrogens with one attached hydrogen (secondary N) is 1. The second-order valence-electron chi connectivity index (χ2n) is 7.58. The Hall–Kier alpha value is -2.27. The van der Waals surface area contributed by atoms with Crippen LogP contribution in [0.1, 0.15) is 12.8 Å². The van der Waals surface area contributed by atoms with Crippen molar-refractivity contribution in [3.8, 4) is 0 Å². The summed E-state index contributed by atoms with van der Waals surface area (Å²) in [6.07, 6.45) is 1.92. The third-order valence-corrected chi connectivity index (χ3v) is 9.37. The maximum absolute atomic E-state index is 12.9. The molecule has 0 aliphatic carbocycles. The van der Waals surface area contributed by atoms with Crippen LogP contribution in [-0.2, 0) is 24.7 Å². The predicted molar refractivity (Wildman–Crippen MR) is 121 cm³/mol. The lowest BCUT2D eigenvalue weighted by Crippen LogP contribution is -2.41. The van der Waals surface area contributed by atoms with Gasteiger partial charge in [-0.25, -0.2) is 16.8 Å². The lowest BCUT2D eigenvalue weighted by Gasteiger charge is -2.30. The van der Waals surface area contributed by atoms with Gasteiger partial charge in [0.15, 0.2) is 9.84 Å². The number of benzene rings is 2. The van der Waals surface area contributed by atoms with E-state index in [1.165, 1.54) is 28.6 Å². The molecule has 1 saturated heterocycles. The number of rotatable bonds is 5. The molecule has 7 nitrogen and oxygen atoms in total. The molecular weight excluding hydrogens is 456 g/mol. The van der Waals surface area contributed by atoms with Crippen molar-refractivity contribution in [2.75, 3.05) is 24.7 Å². The zero-order valence-corrected chi connectivity index (χ0v) is 19.3. The van der Waals surface area contributed by atoms with Gasteiger partial charge in [0.05, 0.1) is 9.79 Å². The minimum Gasteiger partial charge on any atom is -0.326 e. The molecule has 0 unspecified atom stereocenters. The fraction of sp³-hybridized carbons (Fsp3) is 0.286. The van der Waals surface area contributed by atoms with Gasteiger partial charge in [-0.3, -0.25) is 4.79 Å². The van der Waals surface area contributed by atoms with Gasteiger partial charge in [-0.1, -0.05) is 0 Å². The largest absolute Gasteiger partial charge is 0.326 e. The Bertz CT molecular complexity index is 1320. The Morgan fingerprint density at radius 1 is 0.968 bits per heavy atom. The van der Waals surface area contributed by atoms with E-state index in [0.29, 0.717) is 12.8 Å². The summed E-state index contributed by atoms with van der Waals surface area (Å²) in [7, 11) is -7.14. The van der Waals surface area contributed by atoms with Crippen molar-refractivity contribution in [1.29, 1.82) is 0 Å². The Labute approximate surface area is 185 Å². The molecule has 1 aliphatic heterocycles. The summed E-state index contributed by atoms with van der Waals surface area (Å²) >= 11 is 1.64. The SMILES string of the molecule is CS(=O)(=O)c1ccc(S(=O)(=O)N2CCC(C(=O)Nc3ccc4sccc4c3)CC2)cc1. The standard InChI is InChI=1S/C21H22N2O5S3/c1-30(25,26)18-3-5-19(6-4-18)31(27,28)23-11-8-15(9-12-23)21(24)22-17-2-7-20-16(14-17)10-13-29-20/h2-7,10,13-15H,8-9,11-12H2,1H3,(H,22,24). The maximum Gasteiger partial charge on any atom is 0.243 e. The van der Waals surface area contributed by atoms with Gasteiger partial charge in [0.1, 0.15) is 0 Å². The van der Waals surface area contributed by atoms with Crippen molar-refractivity contribution in [3.63, 3.8) is 0 Å². The minimum atomic E-state index is -3.74. The van der Waals surface area contributed by atoms with Crippen LogP contribution in [0, 0.1) is 5.92 Å². The highest BCUT2D eigenvalue weighted by atomic mass is 32.2. The molecule has 3 aromatic rings. The van der Waals surface area contributed by atoms with Crippen LogP contribution in [0.5, 0.6) is 0 Å². The van der Waals surface area contributed by atoms with Gasteiger partial charge in [0, 0.05) is 35.7 Å². The van der Waals surface area contributed by atoms with E-state index in [4.69, 9.17) is 0 Å². The smallest absolute Gasteiger partial charge is 0.243 e. The summed E-state index contributed by atoms with van der Waals surface area (Å²) in [5, 5.41) is 6.02. The first-order valence-corrected chi connectivity index (χ1v) is 13.9. The van der Waals surface area contributed by atoms with Gasteiger partial charge < -0.3 is 5.32 Å². The highest BCUT2D eigenvalue weighted by Gasteiger charge is 2.32. The van der Waals surface area contributed by atoms with Crippen LogP contribution in [0.15, 0.2) is 63.7 Å². The third kappa shape index (κ3) is 4.67. The Morgan fingerprint density at radius 3 is 2.26 bits per heavy atom. The lowest BCUT2D eigenvalue weighted by molar-refractivity contribution is -0.120. The van der Waals surface area contributed by atoms with Gasteiger partial charge in [-0.15, -0.1) is 11.3 Å². The number of thiophene rings is 1. The van der Waals surface area contributed by atoms with E-state index in [0.717, 1.165) is 22.0 Å². The lowest BCUT2D eigenvalue weighted by atomic mass is 9.97. The summed E-state index contributed by atoms with van der Waals surface area (Å²) < 4.78 is 51.4. The van der Waals surface area contributed by atoms with E-state index >= 15 is 0 Å². The number of amides is 1. The molecule has 10 heteroatoms.